The highest BCUT2D eigenvalue weighted by Crippen LogP contribution is 2.37. The van der Waals surface area contributed by atoms with Gasteiger partial charge in [-0.2, -0.15) is 0 Å². The highest BCUT2D eigenvalue weighted by atomic mass is 16.7. The molecule has 0 radical (unpaired) electrons. The average Bonchev–Trinajstić information content (AvgIpc) is 2.75. The molecule has 2 rings (SSSR count). The van der Waals surface area contributed by atoms with Crippen LogP contribution < -0.4 is 5.32 Å². The number of nitrogens with one attached hydrogen (secondary N) is 1. The SMILES string of the molecule is CN(C(=O)NC(C)(C)C)C1CCC2(CC1)OCCO2. The zero-order valence-electron chi connectivity index (χ0n) is 12.5. The Morgan fingerprint density at radius 1 is 1.21 bits per heavy atom. The van der Waals surface area contributed by atoms with E-state index in [2.05, 4.69) is 5.32 Å². The second kappa shape index (κ2) is 5.29. The van der Waals surface area contributed by atoms with Crippen LogP contribution >= 0.6 is 0 Å². The summed E-state index contributed by atoms with van der Waals surface area (Å²) in [5.74, 6) is -0.349. The average molecular weight is 270 g/mol. The summed E-state index contributed by atoms with van der Waals surface area (Å²) in [6.45, 7) is 7.38. The maximum Gasteiger partial charge on any atom is 0.317 e. The molecular weight excluding hydrogens is 244 g/mol. The van der Waals surface area contributed by atoms with Crippen molar-refractivity contribution in [1.82, 2.24) is 10.2 Å². The van der Waals surface area contributed by atoms with Crippen LogP contribution in [0.15, 0.2) is 0 Å². The van der Waals surface area contributed by atoms with Crippen LogP contribution in [0.1, 0.15) is 46.5 Å². The van der Waals surface area contributed by atoms with Gasteiger partial charge in [0.1, 0.15) is 0 Å². The molecule has 5 heteroatoms. The lowest BCUT2D eigenvalue weighted by Crippen LogP contribution is -2.52. The van der Waals surface area contributed by atoms with Gasteiger partial charge in [0.25, 0.3) is 0 Å². The summed E-state index contributed by atoms with van der Waals surface area (Å²) in [6.07, 6.45) is 3.64. The van der Waals surface area contributed by atoms with Crippen LogP contribution in [0.5, 0.6) is 0 Å². The number of amides is 2. The van der Waals surface area contributed by atoms with Crippen LogP contribution in [0.2, 0.25) is 0 Å². The first-order valence-electron chi connectivity index (χ1n) is 7.14. The van der Waals surface area contributed by atoms with E-state index in [-0.39, 0.29) is 23.4 Å². The van der Waals surface area contributed by atoms with Crippen LogP contribution in [0.3, 0.4) is 0 Å². The monoisotopic (exact) mass is 270 g/mol. The first-order chi connectivity index (χ1) is 8.81. The molecule has 1 saturated carbocycles. The summed E-state index contributed by atoms with van der Waals surface area (Å²) in [6, 6.07) is 0.280. The fourth-order valence-corrected chi connectivity index (χ4v) is 2.79. The van der Waals surface area contributed by atoms with Crippen molar-refractivity contribution in [2.75, 3.05) is 20.3 Å². The van der Waals surface area contributed by atoms with Crippen molar-refractivity contribution in [3.63, 3.8) is 0 Å². The van der Waals surface area contributed by atoms with Crippen molar-refractivity contribution in [3.8, 4) is 0 Å². The summed E-state index contributed by atoms with van der Waals surface area (Å²) < 4.78 is 11.4. The number of nitrogens with zero attached hydrogens (tertiary/aromatic N) is 1. The summed E-state index contributed by atoms with van der Waals surface area (Å²) in [4.78, 5) is 13.9. The van der Waals surface area contributed by atoms with E-state index >= 15 is 0 Å². The van der Waals surface area contributed by atoms with E-state index in [4.69, 9.17) is 9.47 Å². The van der Waals surface area contributed by atoms with Crippen molar-refractivity contribution in [2.45, 2.75) is 63.8 Å². The molecule has 0 unspecified atom stereocenters. The number of rotatable bonds is 1. The maximum atomic E-state index is 12.1. The van der Waals surface area contributed by atoms with Gasteiger partial charge in [0.2, 0.25) is 0 Å². The van der Waals surface area contributed by atoms with E-state index in [1.807, 2.05) is 32.7 Å². The minimum atomic E-state index is -0.349. The van der Waals surface area contributed by atoms with Gasteiger partial charge >= 0.3 is 6.03 Å². The molecule has 110 valence electrons. The molecule has 2 fully saturated rings. The normalized spacial score (nSPS) is 23.6. The summed E-state index contributed by atoms with van der Waals surface area (Å²) >= 11 is 0. The van der Waals surface area contributed by atoms with Gasteiger partial charge in [-0.3, -0.25) is 0 Å². The molecule has 2 aliphatic rings. The number of hydrogen-bond acceptors (Lipinski definition) is 3. The largest absolute Gasteiger partial charge is 0.348 e. The van der Waals surface area contributed by atoms with Gasteiger partial charge in [-0.05, 0) is 33.6 Å². The van der Waals surface area contributed by atoms with Gasteiger partial charge in [-0.1, -0.05) is 0 Å². The minimum absolute atomic E-state index is 0.00158. The lowest BCUT2D eigenvalue weighted by Gasteiger charge is -2.39. The molecule has 1 heterocycles. The van der Waals surface area contributed by atoms with E-state index in [0.29, 0.717) is 13.2 Å². The van der Waals surface area contributed by atoms with Gasteiger partial charge < -0.3 is 19.7 Å². The molecule has 2 amide bonds. The highest BCUT2D eigenvalue weighted by Gasteiger charge is 2.41. The number of ether oxygens (including phenoxy) is 2. The molecule has 1 N–H and O–H groups in total. The van der Waals surface area contributed by atoms with Crippen molar-refractivity contribution < 1.29 is 14.3 Å². The molecule has 0 aromatic rings. The Kier molecular flexibility index (Phi) is 4.06. The molecule has 0 bridgehead atoms. The third-order valence-electron chi connectivity index (χ3n) is 3.88. The second-order valence-corrected chi connectivity index (χ2v) is 6.63. The summed E-state index contributed by atoms with van der Waals surface area (Å²) in [7, 11) is 1.88. The number of carbonyl (C=O) groups is 1. The molecule has 0 atom stereocenters. The molecule has 1 spiro atoms. The Labute approximate surface area is 115 Å². The lowest BCUT2D eigenvalue weighted by molar-refractivity contribution is -0.182. The second-order valence-electron chi connectivity index (χ2n) is 6.63. The van der Waals surface area contributed by atoms with Crippen LogP contribution in [0.25, 0.3) is 0 Å². The molecule has 0 aromatic carbocycles. The molecule has 19 heavy (non-hydrogen) atoms. The molecule has 1 aliphatic carbocycles. The van der Waals surface area contributed by atoms with Gasteiger partial charge in [0, 0.05) is 31.5 Å². The minimum Gasteiger partial charge on any atom is -0.348 e. The predicted molar refractivity (Wildman–Crippen MR) is 72.9 cm³/mol. The van der Waals surface area contributed by atoms with Crippen molar-refractivity contribution >= 4 is 6.03 Å². The number of urea groups is 1. The fraction of sp³-hybridized carbons (Fsp3) is 0.929. The maximum absolute atomic E-state index is 12.1. The molecule has 5 nitrogen and oxygen atoms in total. The molecule has 1 saturated heterocycles. The van der Waals surface area contributed by atoms with Crippen molar-refractivity contribution in [2.24, 2.45) is 0 Å². The van der Waals surface area contributed by atoms with E-state index in [1.54, 1.807) is 0 Å². The van der Waals surface area contributed by atoms with Crippen LogP contribution in [-0.4, -0.2) is 48.6 Å². The van der Waals surface area contributed by atoms with Gasteiger partial charge in [-0.25, -0.2) is 4.79 Å². The smallest absolute Gasteiger partial charge is 0.317 e. The van der Waals surface area contributed by atoms with Gasteiger partial charge in [-0.15, -0.1) is 0 Å². The Hall–Kier alpha value is -0.810. The molecular formula is C14H26N2O3. The predicted octanol–water partition coefficient (Wildman–Crippen LogP) is 2.11. The fourth-order valence-electron chi connectivity index (χ4n) is 2.79. The lowest BCUT2D eigenvalue weighted by atomic mass is 9.89. The topological polar surface area (TPSA) is 50.8 Å². The van der Waals surface area contributed by atoms with Crippen molar-refractivity contribution in [1.29, 1.82) is 0 Å². The van der Waals surface area contributed by atoms with Crippen molar-refractivity contribution in [3.05, 3.63) is 0 Å². The Bertz CT molecular complexity index is 322. The Morgan fingerprint density at radius 3 is 2.21 bits per heavy atom. The van der Waals surface area contributed by atoms with E-state index in [1.165, 1.54) is 0 Å². The first kappa shape index (κ1) is 14.6. The Balaban J connectivity index is 1.85. The molecule has 1 aliphatic heterocycles. The van der Waals surface area contributed by atoms with Crippen LogP contribution in [0, 0.1) is 0 Å². The summed E-state index contributed by atoms with van der Waals surface area (Å²) in [5, 5.41) is 3.00. The van der Waals surface area contributed by atoms with Gasteiger partial charge in [0.15, 0.2) is 5.79 Å². The quantitative estimate of drug-likeness (QED) is 0.794. The Morgan fingerprint density at radius 2 is 1.74 bits per heavy atom. The van der Waals surface area contributed by atoms with Gasteiger partial charge in [0.05, 0.1) is 13.2 Å². The number of hydrogen-bond donors (Lipinski definition) is 1. The van der Waals surface area contributed by atoms with E-state index in [9.17, 15) is 4.79 Å². The van der Waals surface area contributed by atoms with Crippen LogP contribution in [-0.2, 0) is 9.47 Å². The first-order valence-corrected chi connectivity index (χ1v) is 7.14. The standard InChI is InChI=1S/C14H26N2O3/c1-13(2,3)15-12(17)16(4)11-5-7-14(8-6-11)18-9-10-19-14/h11H,5-10H2,1-4H3,(H,15,17). The third kappa shape index (κ3) is 3.60. The van der Waals surface area contributed by atoms with E-state index in [0.717, 1.165) is 25.7 Å². The molecule has 0 aromatic heterocycles. The highest BCUT2D eigenvalue weighted by molar-refractivity contribution is 5.75. The summed E-state index contributed by atoms with van der Waals surface area (Å²) in [5.41, 5.74) is -0.196. The zero-order chi connectivity index (χ0) is 14.1. The zero-order valence-corrected chi connectivity index (χ0v) is 12.5. The van der Waals surface area contributed by atoms with E-state index < -0.39 is 0 Å². The van der Waals surface area contributed by atoms with Crippen LogP contribution in [0.4, 0.5) is 4.79 Å². The third-order valence-corrected chi connectivity index (χ3v) is 3.88. The number of carbonyl (C=O) groups excluding carboxylic acids is 1.